The van der Waals surface area contributed by atoms with Crippen molar-refractivity contribution in [1.82, 2.24) is 0 Å². The fourth-order valence-electron chi connectivity index (χ4n) is 2.66. The van der Waals surface area contributed by atoms with Crippen LogP contribution in [0.5, 0.6) is 5.75 Å². The molecule has 0 unspecified atom stereocenters. The first-order valence-corrected chi connectivity index (χ1v) is 8.68. The Kier molecular flexibility index (Phi) is 7.80. The van der Waals surface area contributed by atoms with Gasteiger partial charge in [-0.3, -0.25) is 0 Å². The van der Waals surface area contributed by atoms with E-state index in [1.54, 1.807) is 19.6 Å². The summed E-state index contributed by atoms with van der Waals surface area (Å²) in [5, 5.41) is 0. The van der Waals surface area contributed by atoms with E-state index in [0.29, 0.717) is 6.61 Å². The number of benzene rings is 1. The predicted octanol–water partition coefficient (Wildman–Crippen LogP) is 4.30. The van der Waals surface area contributed by atoms with E-state index in [1.165, 1.54) is 6.08 Å². The van der Waals surface area contributed by atoms with E-state index in [-0.39, 0.29) is 12.2 Å². The van der Waals surface area contributed by atoms with Crippen LogP contribution in [0.1, 0.15) is 31.7 Å². The van der Waals surface area contributed by atoms with Crippen LogP contribution in [0.15, 0.2) is 61.1 Å². The van der Waals surface area contributed by atoms with Crippen molar-refractivity contribution in [2.24, 2.45) is 0 Å². The van der Waals surface area contributed by atoms with E-state index in [2.05, 4.69) is 6.58 Å². The Hall–Kier alpha value is -2.69. The number of esters is 1. The van der Waals surface area contributed by atoms with Crippen molar-refractivity contribution in [3.8, 4) is 5.75 Å². The first kappa shape index (κ1) is 19.6. The fourth-order valence-corrected chi connectivity index (χ4v) is 2.66. The summed E-state index contributed by atoms with van der Waals surface area (Å²) in [6, 6.07) is 7.73. The summed E-state index contributed by atoms with van der Waals surface area (Å²) in [4.78, 5) is 11.3. The molecule has 2 atom stereocenters. The van der Waals surface area contributed by atoms with Crippen LogP contribution in [-0.2, 0) is 25.6 Å². The summed E-state index contributed by atoms with van der Waals surface area (Å²) < 4.78 is 21.7. The number of hydrogen-bond donors (Lipinski definition) is 0. The van der Waals surface area contributed by atoms with Crippen molar-refractivity contribution in [3.05, 3.63) is 66.7 Å². The van der Waals surface area contributed by atoms with Crippen molar-refractivity contribution >= 4 is 5.97 Å². The zero-order valence-electron chi connectivity index (χ0n) is 15.4. The number of carbonyl (C=O) groups is 1. The summed E-state index contributed by atoms with van der Waals surface area (Å²) in [7, 11) is 1.64. The van der Waals surface area contributed by atoms with Gasteiger partial charge >= 0.3 is 5.97 Å². The summed E-state index contributed by atoms with van der Waals surface area (Å²) in [5.74, 6) is 0.419. The van der Waals surface area contributed by atoms with E-state index in [4.69, 9.17) is 18.9 Å². The average molecular weight is 358 g/mol. The molecule has 1 saturated carbocycles. The predicted molar refractivity (Wildman–Crippen MR) is 99.5 cm³/mol. The number of ether oxygens (including phenoxy) is 4. The Balaban J connectivity index is 1.75. The third kappa shape index (κ3) is 6.31. The van der Waals surface area contributed by atoms with Gasteiger partial charge in [-0.25, -0.2) is 4.79 Å². The lowest BCUT2D eigenvalue weighted by molar-refractivity contribution is -0.147. The molecule has 1 aromatic rings. The van der Waals surface area contributed by atoms with Crippen molar-refractivity contribution in [3.63, 3.8) is 0 Å². The molecule has 140 valence electrons. The third-order valence-electron chi connectivity index (χ3n) is 4.09. The lowest BCUT2D eigenvalue weighted by Crippen LogP contribution is -2.26. The average Bonchev–Trinajstić information content (AvgIpc) is 3.09. The summed E-state index contributed by atoms with van der Waals surface area (Å²) in [5.41, 5.74) is 1.99. The minimum absolute atomic E-state index is 0.108. The van der Waals surface area contributed by atoms with Gasteiger partial charge in [-0.1, -0.05) is 18.7 Å². The molecular weight excluding hydrogens is 332 g/mol. The van der Waals surface area contributed by atoms with Gasteiger partial charge in [-0.15, -0.1) is 0 Å². The smallest absolute Gasteiger partial charge is 0.330 e. The molecule has 5 nitrogen and oxygen atoms in total. The highest BCUT2D eigenvalue weighted by atomic mass is 16.6. The van der Waals surface area contributed by atoms with Gasteiger partial charge in [-0.2, -0.15) is 0 Å². The van der Waals surface area contributed by atoms with Crippen molar-refractivity contribution < 1.29 is 23.7 Å². The molecule has 2 rings (SSSR count). The van der Waals surface area contributed by atoms with Crippen LogP contribution in [-0.4, -0.2) is 25.3 Å². The Morgan fingerprint density at radius 3 is 2.65 bits per heavy atom. The van der Waals surface area contributed by atoms with Crippen LogP contribution in [0.2, 0.25) is 0 Å². The molecule has 0 amide bonds. The van der Waals surface area contributed by atoms with Crippen LogP contribution in [0.4, 0.5) is 0 Å². The molecule has 0 saturated heterocycles. The van der Waals surface area contributed by atoms with Crippen LogP contribution in [0.3, 0.4) is 0 Å². The number of allylic oxidation sites excluding steroid dienone is 2. The van der Waals surface area contributed by atoms with Gasteiger partial charge in [0.25, 0.3) is 0 Å². The molecule has 26 heavy (non-hydrogen) atoms. The maximum absolute atomic E-state index is 11.3. The molecule has 5 heteroatoms. The van der Waals surface area contributed by atoms with Crippen molar-refractivity contribution in [1.29, 1.82) is 0 Å². The highest BCUT2D eigenvalue weighted by Crippen LogP contribution is 2.25. The molecule has 0 N–H and O–H groups in total. The van der Waals surface area contributed by atoms with Crippen LogP contribution in [0.25, 0.3) is 0 Å². The van der Waals surface area contributed by atoms with Crippen molar-refractivity contribution in [2.45, 2.75) is 45.0 Å². The Bertz CT molecular complexity index is 645. The number of rotatable bonds is 9. The molecule has 0 spiro atoms. The zero-order chi connectivity index (χ0) is 18.8. The SMILES string of the molecule is C=CC(=O)O[C@@H]1CCC[C@@H]1O/C=C/C(C)=C\OCc1ccc(OC)cc1. The summed E-state index contributed by atoms with van der Waals surface area (Å²) >= 11 is 0. The van der Waals surface area contributed by atoms with E-state index in [9.17, 15) is 4.79 Å². The van der Waals surface area contributed by atoms with Gasteiger partial charge in [0.1, 0.15) is 24.6 Å². The number of carbonyl (C=O) groups excluding carboxylic acids is 1. The Morgan fingerprint density at radius 1 is 1.23 bits per heavy atom. The molecule has 0 heterocycles. The molecule has 1 fully saturated rings. The second kappa shape index (κ2) is 10.3. The molecular formula is C21H26O5. The second-order valence-electron chi connectivity index (χ2n) is 6.11. The molecule has 0 radical (unpaired) electrons. The maximum Gasteiger partial charge on any atom is 0.330 e. The molecule has 1 aliphatic rings. The van der Waals surface area contributed by atoms with Crippen molar-refractivity contribution in [2.75, 3.05) is 7.11 Å². The van der Waals surface area contributed by atoms with Crippen LogP contribution < -0.4 is 4.74 Å². The molecule has 1 aromatic carbocycles. The minimum Gasteiger partial charge on any atom is -0.497 e. The van der Waals surface area contributed by atoms with Crippen LogP contribution in [0, 0.1) is 0 Å². The molecule has 1 aliphatic carbocycles. The summed E-state index contributed by atoms with van der Waals surface area (Å²) in [6.07, 6.45) is 8.68. The Labute approximate surface area is 154 Å². The molecule has 0 bridgehead atoms. The first-order chi connectivity index (χ1) is 12.6. The van der Waals surface area contributed by atoms with Gasteiger partial charge in [-0.05, 0) is 55.5 Å². The van der Waals surface area contributed by atoms with Gasteiger partial charge in [0.2, 0.25) is 0 Å². The largest absolute Gasteiger partial charge is 0.497 e. The number of methoxy groups -OCH3 is 1. The van der Waals surface area contributed by atoms with Crippen LogP contribution >= 0.6 is 0 Å². The van der Waals surface area contributed by atoms with E-state index >= 15 is 0 Å². The molecule has 0 aromatic heterocycles. The highest BCUT2D eigenvalue weighted by Gasteiger charge is 2.30. The lowest BCUT2D eigenvalue weighted by Gasteiger charge is -2.18. The minimum atomic E-state index is -0.405. The number of hydrogen-bond acceptors (Lipinski definition) is 5. The standard InChI is InChI=1S/C21H26O5/c1-4-21(22)26-20-7-5-6-19(20)25-13-12-16(2)14-24-15-17-8-10-18(23-3)11-9-17/h4,8-14,19-20H,1,5-7,15H2,2-3H3/b13-12+,16-14-/t19-,20+/m0/s1. The van der Waals surface area contributed by atoms with E-state index < -0.39 is 5.97 Å². The fraction of sp³-hybridized carbons (Fsp3) is 0.381. The highest BCUT2D eigenvalue weighted by molar-refractivity contribution is 5.81. The quantitative estimate of drug-likeness (QED) is 0.285. The second-order valence-corrected chi connectivity index (χ2v) is 6.11. The monoisotopic (exact) mass is 358 g/mol. The van der Waals surface area contributed by atoms with Gasteiger partial charge in [0.15, 0.2) is 0 Å². The van der Waals surface area contributed by atoms with Gasteiger partial charge in [0.05, 0.1) is 19.6 Å². The third-order valence-corrected chi connectivity index (χ3v) is 4.09. The first-order valence-electron chi connectivity index (χ1n) is 8.68. The van der Waals surface area contributed by atoms with E-state index in [0.717, 1.165) is 36.1 Å². The Morgan fingerprint density at radius 2 is 1.96 bits per heavy atom. The topological polar surface area (TPSA) is 54.0 Å². The summed E-state index contributed by atoms with van der Waals surface area (Å²) in [6.45, 7) is 5.83. The van der Waals surface area contributed by atoms with E-state index in [1.807, 2.05) is 37.3 Å². The lowest BCUT2D eigenvalue weighted by atomic mass is 10.2. The van der Waals surface area contributed by atoms with Gasteiger partial charge in [0, 0.05) is 6.08 Å². The van der Waals surface area contributed by atoms with Gasteiger partial charge < -0.3 is 18.9 Å². The molecule has 0 aliphatic heterocycles. The maximum atomic E-state index is 11.3. The normalized spacial score (nSPS) is 20.0. The zero-order valence-corrected chi connectivity index (χ0v) is 15.4.